The van der Waals surface area contributed by atoms with E-state index in [1.165, 1.54) is 0 Å². The molecule has 0 aromatic heterocycles. The fourth-order valence-corrected chi connectivity index (χ4v) is 2.98. The molecule has 1 saturated carbocycles. The van der Waals surface area contributed by atoms with Crippen LogP contribution in [0.3, 0.4) is 0 Å². The Kier molecular flexibility index (Phi) is 3.66. The topological polar surface area (TPSA) is 17.1 Å². The van der Waals surface area contributed by atoms with Crippen molar-refractivity contribution in [2.45, 2.75) is 53.9 Å². The van der Waals surface area contributed by atoms with Crippen molar-refractivity contribution < 1.29 is 4.79 Å². The van der Waals surface area contributed by atoms with Gasteiger partial charge in [0, 0.05) is 12.8 Å². The third-order valence-electron chi connectivity index (χ3n) is 4.26. The zero-order valence-corrected chi connectivity index (χ0v) is 11.5. The van der Waals surface area contributed by atoms with Gasteiger partial charge in [-0.1, -0.05) is 40.7 Å². The summed E-state index contributed by atoms with van der Waals surface area (Å²) in [6.07, 6.45) is 4.58. The summed E-state index contributed by atoms with van der Waals surface area (Å²) < 4.78 is 0. The minimum atomic E-state index is 0.0635. The van der Waals surface area contributed by atoms with E-state index < -0.39 is 0 Å². The monoisotopic (exact) mass is 222 g/mol. The third kappa shape index (κ3) is 2.75. The second kappa shape index (κ2) is 4.35. The standard InChI is InChI=1S/C15H26O/c1-7-15(5,6)13-10-11(16)8-9-12(13)14(2,3)4/h7,12-13H,1,8-10H2,2-6H3/t12-,13-/m0/s1. The number of rotatable bonds is 2. The van der Waals surface area contributed by atoms with Crippen LogP contribution < -0.4 is 0 Å². The number of Topliss-reactive ketones (excluding diaryl/α,β-unsaturated/α-hetero) is 1. The minimum absolute atomic E-state index is 0.0635. The smallest absolute Gasteiger partial charge is 0.133 e. The van der Waals surface area contributed by atoms with E-state index in [0.717, 1.165) is 19.3 Å². The molecule has 92 valence electrons. The van der Waals surface area contributed by atoms with Gasteiger partial charge in [0.15, 0.2) is 0 Å². The van der Waals surface area contributed by atoms with Crippen molar-refractivity contribution in [1.29, 1.82) is 0 Å². The van der Waals surface area contributed by atoms with E-state index in [9.17, 15) is 4.79 Å². The molecular weight excluding hydrogens is 196 g/mol. The number of ketones is 1. The summed E-state index contributed by atoms with van der Waals surface area (Å²) in [4.78, 5) is 11.7. The minimum Gasteiger partial charge on any atom is -0.300 e. The number of carbonyl (C=O) groups is 1. The van der Waals surface area contributed by atoms with Crippen LogP contribution in [0.2, 0.25) is 0 Å². The molecule has 0 spiro atoms. The Bertz CT molecular complexity index is 280. The van der Waals surface area contributed by atoms with E-state index in [4.69, 9.17) is 0 Å². The molecule has 1 nitrogen and oxygen atoms in total. The largest absolute Gasteiger partial charge is 0.300 e. The van der Waals surface area contributed by atoms with Crippen molar-refractivity contribution in [3.05, 3.63) is 12.7 Å². The average molecular weight is 222 g/mol. The average Bonchev–Trinajstić information content (AvgIpc) is 2.15. The molecule has 0 unspecified atom stereocenters. The maximum atomic E-state index is 11.7. The highest BCUT2D eigenvalue weighted by Crippen LogP contribution is 2.48. The summed E-state index contributed by atoms with van der Waals surface area (Å²) >= 11 is 0. The quantitative estimate of drug-likeness (QED) is 0.639. The lowest BCUT2D eigenvalue weighted by atomic mass is 9.58. The van der Waals surface area contributed by atoms with Crippen molar-refractivity contribution in [2.24, 2.45) is 22.7 Å². The second-order valence-electron chi connectivity index (χ2n) is 6.89. The Morgan fingerprint density at radius 3 is 2.19 bits per heavy atom. The van der Waals surface area contributed by atoms with Gasteiger partial charge in [0.2, 0.25) is 0 Å². The third-order valence-corrected chi connectivity index (χ3v) is 4.26. The molecule has 0 aromatic rings. The van der Waals surface area contributed by atoms with Gasteiger partial charge in [-0.05, 0) is 29.1 Å². The Hall–Kier alpha value is -0.590. The van der Waals surface area contributed by atoms with Crippen LogP contribution in [-0.4, -0.2) is 5.78 Å². The summed E-state index contributed by atoms with van der Waals surface area (Å²) in [7, 11) is 0. The van der Waals surface area contributed by atoms with Gasteiger partial charge in [-0.25, -0.2) is 0 Å². The molecule has 1 aliphatic carbocycles. The van der Waals surface area contributed by atoms with Gasteiger partial charge in [0.05, 0.1) is 0 Å². The predicted molar refractivity (Wildman–Crippen MR) is 69.3 cm³/mol. The first-order chi connectivity index (χ1) is 7.18. The summed E-state index contributed by atoms with van der Waals surface area (Å²) in [5, 5.41) is 0. The van der Waals surface area contributed by atoms with Gasteiger partial charge in [0.1, 0.15) is 5.78 Å². The van der Waals surface area contributed by atoms with Crippen LogP contribution in [0.15, 0.2) is 12.7 Å². The molecule has 0 N–H and O–H groups in total. The molecule has 1 rings (SSSR count). The highest BCUT2D eigenvalue weighted by atomic mass is 16.1. The Labute approximate surface area is 100 Å². The van der Waals surface area contributed by atoms with Gasteiger partial charge < -0.3 is 0 Å². The first kappa shape index (κ1) is 13.5. The Morgan fingerprint density at radius 1 is 1.19 bits per heavy atom. The van der Waals surface area contributed by atoms with Crippen LogP contribution in [0.5, 0.6) is 0 Å². The SMILES string of the molecule is C=CC(C)(C)[C@H]1CC(=O)CC[C@@H]1C(C)(C)C. The molecule has 0 saturated heterocycles. The molecule has 1 fully saturated rings. The van der Waals surface area contributed by atoms with Gasteiger partial charge in [-0.15, -0.1) is 6.58 Å². The van der Waals surface area contributed by atoms with E-state index in [1.54, 1.807) is 0 Å². The molecular formula is C15H26O. The summed E-state index contributed by atoms with van der Waals surface area (Å²) in [6.45, 7) is 15.2. The van der Waals surface area contributed by atoms with Gasteiger partial charge in [0.25, 0.3) is 0 Å². The number of allylic oxidation sites excluding steroid dienone is 1. The molecule has 0 aliphatic heterocycles. The van der Waals surface area contributed by atoms with Gasteiger partial charge >= 0.3 is 0 Å². The second-order valence-corrected chi connectivity index (χ2v) is 6.89. The number of hydrogen-bond acceptors (Lipinski definition) is 1. The first-order valence-electron chi connectivity index (χ1n) is 6.34. The lowest BCUT2D eigenvalue weighted by Crippen LogP contribution is -2.41. The highest BCUT2D eigenvalue weighted by Gasteiger charge is 2.42. The highest BCUT2D eigenvalue weighted by molar-refractivity contribution is 5.79. The molecule has 0 radical (unpaired) electrons. The predicted octanol–water partition coefficient (Wildman–Crippen LogP) is 4.23. The molecule has 1 aliphatic rings. The van der Waals surface area contributed by atoms with Crippen LogP contribution in [0, 0.1) is 22.7 Å². The summed E-state index contributed by atoms with van der Waals surface area (Å²) in [5.74, 6) is 1.50. The lowest BCUT2D eigenvalue weighted by Gasteiger charge is -2.46. The molecule has 1 heteroatoms. The van der Waals surface area contributed by atoms with Gasteiger partial charge in [-0.3, -0.25) is 4.79 Å². The molecule has 0 aromatic carbocycles. The maximum absolute atomic E-state index is 11.7. The van der Waals surface area contributed by atoms with E-state index in [0.29, 0.717) is 17.6 Å². The Morgan fingerprint density at radius 2 is 1.75 bits per heavy atom. The first-order valence-corrected chi connectivity index (χ1v) is 6.34. The zero-order valence-electron chi connectivity index (χ0n) is 11.5. The maximum Gasteiger partial charge on any atom is 0.133 e. The zero-order chi connectivity index (χ0) is 12.6. The Balaban J connectivity index is 2.98. The van der Waals surface area contributed by atoms with Crippen molar-refractivity contribution in [3.8, 4) is 0 Å². The molecule has 2 atom stereocenters. The van der Waals surface area contributed by atoms with E-state index in [-0.39, 0.29) is 10.8 Å². The lowest BCUT2D eigenvalue weighted by molar-refractivity contribution is -0.125. The number of carbonyl (C=O) groups excluding carboxylic acids is 1. The summed E-state index contributed by atoms with van der Waals surface area (Å²) in [5.41, 5.74) is 0.347. The molecule has 0 bridgehead atoms. The fraction of sp³-hybridized carbons (Fsp3) is 0.800. The number of hydrogen-bond donors (Lipinski definition) is 0. The molecule has 0 heterocycles. The van der Waals surface area contributed by atoms with Crippen LogP contribution >= 0.6 is 0 Å². The van der Waals surface area contributed by atoms with Gasteiger partial charge in [-0.2, -0.15) is 0 Å². The van der Waals surface area contributed by atoms with E-state index in [2.05, 4.69) is 41.2 Å². The van der Waals surface area contributed by atoms with Crippen molar-refractivity contribution in [2.75, 3.05) is 0 Å². The van der Waals surface area contributed by atoms with Crippen LogP contribution in [0.1, 0.15) is 53.9 Å². The van der Waals surface area contributed by atoms with E-state index in [1.807, 2.05) is 6.08 Å². The van der Waals surface area contributed by atoms with E-state index >= 15 is 0 Å². The van der Waals surface area contributed by atoms with Crippen molar-refractivity contribution in [3.63, 3.8) is 0 Å². The van der Waals surface area contributed by atoms with Crippen molar-refractivity contribution in [1.82, 2.24) is 0 Å². The van der Waals surface area contributed by atoms with Crippen LogP contribution in [0.4, 0.5) is 0 Å². The van der Waals surface area contributed by atoms with Crippen LogP contribution in [0.25, 0.3) is 0 Å². The fourth-order valence-electron chi connectivity index (χ4n) is 2.98. The molecule has 0 amide bonds. The van der Waals surface area contributed by atoms with Crippen molar-refractivity contribution >= 4 is 5.78 Å². The van der Waals surface area contributed by atoms with Crippen LogP contribution in [-0.2, 0) is 4.79 Å². The summed E-state index contributed by atoms with van der Waals surface area (Å²) in [6, 6.07) is 0. The molecule has 16 heavy (non-hydrogen) atoms. The normalized spacial score (nSPS) is 27.9.